The minimum Gasteiger partial charge on any atom is -0.461 e. The van der Waals surface area contributed by atoms with Crippen LogP contribution >= 0.6 is 0 Å². The van der Waals surface area contributed by atoms with Crippen molar-refractivity contribution in [2.75, 3.05) is 19.6 Å². The summed E-state index contributed by atoms with van der Waals surface area (Å²) in [5, 5.41) is 7.59. The highest BCUT2D eigenvalue weighted by Gasteiger charge is 2.29. The number of hydrogen-bond acceptors (Lipinski definition) is 8. The van der Waals surface area contributed by atoms with Gasteiger partial charge in [0.1, 0.15) is 25.3 Å². The van der Waals surface area contributed by atoms with E-state index in [1.54, 1.807) is 53.4 Å². The second-order valence-electron chi connectivity index (χ2n) is 12.8. The molecular formula is C39H47N5O8. The minimum absolute atomic E-state index is 0.0314. The standard InChI is InChI=1S/C39H47N5O8/c40-37(48)32(23-29-11-4-1-5-12-29)43-38(49)33(24-36(47)51-26-30-13-6-2-7-14-30)42-35(46)25-41-34(45)18-10-17-28-19-21-44(22-20-28)39(50)52-27-31-15-8-3-9-16-31/h1-9,11-16,28,32-33H,10,17-27H2,(H2,40,48)(H,41,45)(H,42,46)(H,43,49)/t32-,33-/m0/s1. The Labute approximate surface area is 303 Å². The summed E-state index contributed by atoms with van der Waals surface area (Å²) in [6.45, 7) is 0.953. The maximum atomic E-state index is 13.3. The summed E-state index contributed by atoms with van der Waals surface area (Å²) in [6, 6.07) is 24.9. The van der Waals surface area contributed by atoms with Crippen molar-refractivity contribution >= 4 is 35.7 Å². The molecule has 0 radical (unpaired) electrons. The highest BCUT2D eigenvalue weighted by Crippen LogP contribution is 2.23. The van der Waals surface area contributed by atoms with Gasteiger partial charge < -0.3 is 36.1 Å². The number of amides is 5. The van der Waals surface area contributed by atoms with Gasteiger partial charge in [0, 0.05) is 25.9 Å². The van der Waals surface area contributed by atoms with Crippen molar-refractivity contribution in [1.82, 2.24) is 20.9 Å². The smallest absolute Gasteiger partial charge is 0.410 e. The molecule has 3 aromatic carbocycles. The lowest BCUT2D eigenvalue weighted by molar-refractivity contribution is -0.147. The van der Waals surface area contributed by atoms with Crippen LogP contribution in [-0.2, 0) is 53.1 Å². The van der Waals surface area contributed by atoms with Gasteiger partial charge in [-0.05, 0) is 48.3 Å². The monoisotopic (exact) mass is 713 g/mol. The Kier molecular flexibility index (Phi) is 15.7. The third-order valence-corrected chi connectivity index (χ3v) is 8.75. The second kappa shape index (κ2) is 20.8. The van der Waals surface area contributed by atoms with Crippen LogP contribution in [0.1, 0.15) is 55.2 Å². The average molecular weight is 714 g/mol. The molecule has 0 aromatic heterocycles. The van der Waals surface area contributed by atoms with Gasteiger partial charge in [-0.2, -0.15) is 0 Å². The molecular weight excluding hydrogens is 666 g/mol. The minimum atomic E-state index is -1.40. The predicted octanol–water partition coefficient (Wildman–Crippen LogP) is 3.15. The molecule has 1 heterocycles. The Hall–Kier alpha value is -5.72. The predicted molar refractivity (Wildman–Crippen MR) is 192 cm³/mol. The summed E-state index contributed by atoms with van der Waals surface area (Å²) in [7, 11) is 0. The number of carbonyl (C=O) groups excluding carboxylic acids is 6. The molecule has 1 aliphatic heterocycles. The maximum absolute atomic E-state index is 13.3. The van der Waals surface area contributed by atoms with E-state index in [2.05, 4.69) is 16.0 Å². The number of likely N-dealkylation sites (tertiary alicyclic amines) is 1. The first-order chi connectivity index (χ1) is 25.2. The number of carbonyl (C=O) groups is 6. The van der Waals surface area contributed by atoms with Gasteiger partial charge in [0.2, 0.25) is 23.6 Å². The Balaban J connectivity index is 1.20. The number of rotatable bonds is 18. The summed E-state index contributed by atoms with van der Waals surface area (Å²) in [5.41, 5.74) is 7.98. The van der Waals surface area contributed by atoms with Crippen LogP contribution in [0.4, 0.5) is 4.79 Å². The number of piperidine rings is 1. The van der Waals surface area contributed by atoms with Crippen molar-refractivity contribution in [3.05, 3.63) is 108 Å². The van der Waals surface area contributed by atoms with Gasteiger partial charge in [0.05, 0.1) is 13.0 Å². The Bertz CT molecular complexity index is 1620. The molecule has 0 aliphatic carbocycles. The van der Waals surface area contributed by atoms with Crippen molar-refractivity contribution in [3.63, 3.8) is 0 Å². The normalized spacial score (nSPS) is 14.0. The summed E-state index contributed by atoms with van der Waals surface area (Å²) >= 11 is 0. The number of esters is 1. The fourth-order valence-electron chi connectivity index (χ4n) is 5.80. The average Bonchev–Trinajstić information content (AvgIpc) is 3.16. The van der Waals surface area contributed by atoms with Crippen LogP contribution in [0.3, 0.4) is 0 Å². The van der Waals surface area contributed by atoms with Crippen LogP contribution in [0.2, 0.25) is 0 Å². The molecule has 0 saturated carbocycles. The van der Waals surface area contributed by atoms with E-state index in [4.69, 9.17) is 15.2 Å². The van der Waals surface area contributed by atoms with Crippen molar-refractivity contribution < 1.29 is 38.2 Å². The van der Waals surface area contributed by atoms with Crippen LogP contribution in [0.15, 0.2) is 91.0 Å². The maximum Gasteiger partial charge on any atom is 0.410 e. The number of ether oxygens (including phenoxy) is 2. The molecule has 276 valence electrons. The largest absolute Gasteiger partial charge is 0.461 e. The van der Waals surface area contributed by atoms with Gasteiger partial charge in [0.25, 0.3) is 0 Å². The molecule has 1 saturated heterocycles. The zero-order valence-corrected chi connectivity index (χ0v) is 29.2. The van der Waals surface area contributed by atoms with Crippen molar-refractivity contribution in [2.45, 2.75) is 70.2 Å². The van der Waals surface area contributed by atoms with Crippen LogP contribution in [0.25, 0.3) is 0 Å². The first-order valence-electron chi connectivity index (χ1n) is 17.5. The lowest BCUT2D eigenvalue weighted by atomic mass is 9.91. The summed E-state index contributed by atoms with van der Waals surface area (Å²) in [6.07, 6.45) is 2.48. The topological polar surface area (TPSA) is 186 Å². The van der Waals surface area contributed by atoms with E-state index in [0.717, 1.165) is 36.0 Å². The lowest BCUT2D eigenvalue weighted by Gasteiger charge is -2.31. The van der Waals surface area contributed by atoms with Gasteiger partial charge in [-0.15, -0.1) is 0 Å². The quantitative estimate of drug-likeness (QED) is 0.145. The van der Waals surface area contributed by atoms with Gasteiger partial charge in [0.15, 0.2) is 0 Å². The van der Waals surface area contributed by atoms with Crippen LogP contribution in [-0.4, -0.2) is 72.3 Å². The van der Waals surface area contributed by atoms with Gasteiger partial charge in [-0.25, -0.2) is 4.79 Å². The van der Waals surface area contributed by atoms with Crippen molar-refractivity contribution in [3.8, 4) is 0 Å². The van der Waals surface area contributed by atoms with Crippen LogP contribution in [0, 0.1) is 5.92 Å². The molecule has 3 aromatic rings. The van der Waals surface area contributed by atoms with E-state index in [0.29, 0.717) is 25.4 Å². The van der Waals surface area contributed by atoms with E-state index in [-0.39, 0.29) is 38.1 Å². The lowest BCUT2D eigenvalue weighted by Crippen LogP contribution is -2.55. The summed E-state index contributed by atoms with van der Waals surface area (Å²) < 4.78 is 10.7. The first kappa shape index (κ1) is 39.1. The SMILES string of the molecule is NC(=O)[C@H](Cc1ccccc1)NC(=O)[C@H](CC(=O)OCc1ccccc1)NC(=O)CNC(=O)CCCC1CCN(C(=O)OCc2ccccc2)CC1. The molecule has 1 aliphatic rings. The second-order valence-corrected chi connectivity index (χ2v) is 12.8. The van der Waals surface area contributed by atoms with Crippen LogP contribution < -0.4 is 21.7 Å². The molecule has 5 N–H and O–H groups in total. The number of nitrogens with zero attached hydrogens (tertiary/aromatic N) is 1. The fraction of sp³-hybridized carbons (Fsp3) is 0.385. The molecule has 52 heavy (non-hydrogen) atoms. The van der Waals surface area contributed by atoms with Crippen LogP contribution in [0.5, 0.6) is 0 Å². The zero-order valence-electron chi connectivity index (χ0n) is 29.2. The van der Waals surface area contributed by atoms with E-state index >= 15 is 0 Å². The number of hydrogen-bond donors (Lipinski definition) is 4. The molecule has 0 spiro atoms. The summed E-state index contributed by atoms with van der Waals surface area (Å²) in [4.78, 5) is 77.8. The van der Waals surface area contributed by atoms with Crippen molar-refractivity contribution in [1.29, 1.82) is 0 Å². The third kappa shape index (κ3) is 13.9. The van der Waals surface area contributed by atoms with E-state index in [9.17, 15) is 28.8 Å². The fourth-order valence-corrected chi connectivity index (χ4v) is 5.80. The number of primary amides is 1. The molecule has 2 atom stereocenters. The molecule has 5 amide bonds. The van der Waals surface area contributed by atoms with Crippen molar-refractivity contribution in [2.24, 2.45) is 11.7 Å². The Morgan fingerprint density at radius 2 is 1.27 bits per heavy atom. The number of nitrogens with one attached hydrogen (secondary N) is 3. The zero-order chi connectivity index (χ0) is 37.1. The van der Waals surface area contributed by atoms with E-state index < -0.39 is 48.7 Å². The molecule has 13 heteroatoms. The molecule has 4 rings (SSSR count). The molecule has 1 fully saturated rings. The Morgan fingerprint density at radius 3 is 1.85 bits per heavy atom. The van der Waals surface area contributed by atoms with E-state index in [1.165, 1.54) is 0 Å². The van der Waals surface area contributed by atoms with E-state index in [1.807, 2.05) is 42.5 Å². The Morgan fingerprint density at radius 1 is 0.712 bits per heavy atom. The van der Waals surface area contributed by atoms with Gasteiger partial charge in [-0.3, -0.25) is 24.0 Å². The molecule has 0 bridgehead atoms. The van der Waals surface area contributed by atoms with Gasteiger partial charge >= 0.3 is 12.1 Å². The molecule has 0 unspecified atom stereocenters. The summed E-state index contributed by atoms with van der Waals surface area (Å²) in [5.74, 6) is -3.01. The highest BCUT2D eigenvalue weighted by atomic mass is 16.6. The highest BCUT2D eigenvalue weighted by molar-refractivity contribution is 5.95. The first-order valence-corrected chi connectivity index (χ1v) is 17.5. The number of benzene rings is 3. The number of nitrogens with two attached hydrogens (primary N) is 1. The molecule has 13 nitrogen and oxygen atoms in total. The third-order valence-electron chi connectivity index (χ3n) is 8.75. The van der Waals surface area contributed by atoms with Gasteiger partial charge in [-0.1, -0.05) is 91.0 Å².